The molecule has 5 nitrogen and oxygen atoms in total. The minimum atomic E-state index is -0.217. The van der Waals surface area contributed by atoms with Crippen LogP contribution in [-0.2, 0) is 4.79 Å². The van der Waals surface area contributed by atoms with Crippen molar-refractivity contribution in [1.29, 1.82) is 0 Å². The van der Waals surface area contributed by atoms with E-state index in [2.05, 4.69) is 31.4 Å². The van der Waals surface area contributed by atoms with E-state index in [4.69, 9.17) is 0 Å². The molecule has 1 saturated heterocycles. The smallest absolute Gasteiger partial charge is 0.223 e. The molecule has 1 aliphatic heterocycles. The van der Waals surface area contributed by atoms with Crippen molar-refractivity contribution >= 4 is 18.3 Å². The lowest BCUT2D eigenvalue weighted by Gasteiger charge is -2.47. The van der Waals surface area contributed by atoms with E-state index < -0.39 is 0 Å². The van der Waals surface area contributed by atoms with Gasteiger partial charge in [0.2, 0.25) is 5.91 Å². The number of piperazine rings is 1. The van der Waals surface area contributed by atoms with Gasteiger partial charge >= 0.3 is 0 Å². The molecule has 1 heterocycles. The summed E-state index contributed by atoms with van der Waals surface area (Å²) in [5.41, 5.74) is 0.0286. The standard InChI is InChI=1S/C17H33N3O2.ClH/c1-14-10-16(2,3)12-17(11-14,13-21)19-5-4-15(22)20-8-6-18-7-9-20;/h14,18-19,21H,4-13H2,1-3H3;1H. The van der Waals surface area contributed by atoms with Crippen molar-refractivity contribution in [3.8, 4) is 0 Å². The maximum atomic E-state index is 12.2. The maximum Gasteiger partial charge on any atom is 0.223 e. The minimum Gasteiger partial charge on any atom is -0.394 e. The van der Waals surface area contributed by atoms with E-state index in [0.717, 1.165) is 39.0 Å². The highest BCUT2D eigenvalue weighted by atomic mass is 35.5. The molecule has 0 aromatic heterocycles. The van der Waals surface area contributed by atoms with Crippen LogP contribution in [0.25, 0.3) is 0 Å². The predicted octanol–water partition coefficient (Wildman–Crippen LogP) is 1.40. The second-order valence-electron chi connectivity index (χ2n) is 8.10. The summed E-state index contributed by atoms with van der Waals surface area (Å²) >= 11 is 0. The topological polar surface area (TPSA) is 64.6 Å². The van der Waals surface area contributed by atoms with Crippen LogP contribution in [0.1, 0.15) is 46.5 Å². The Morgan fingerprint density at radius 2 is 1.96 bits per heavy atom. The number of hydrogen-bond acceptors (Lipinski definition) is 4. The number of nitrogens with one attached hydrogen (secondary N) is 2. The molecule has 0 aromatic rings. The van der Waals surface area contributed by atoms with Crippen molar-refractivity contribution in [2.45, 2.75) is 52.0 Å². The van der Waals surface area contributed by atoms with Gasteiger partial charge < -0.3 is 20.6 Å². The number of hydrogen-bond donors (Lipinski definition) is 3. The Labute approximate surface area is 147 Å². The lowest BCUT2D eigenvalue weighted by atomic mass is 9.64. The first-order valence-electron chi connectivity index (χ1n) is 8.70. The Bertz CT molecular complexity index is 386. The fourth-order valence-electron chi connectivity index (χ4n) is 4.56. The summed E-state index contributed by atoms with van der Waals surface area (Å²) in [5.74, 6) is 0.831. The minimum absolute atomic E-state index is 0. The van der Waals surface area contributed by atoms with Crippen LogP contribution in [0.3, 0.4) is 0 Å². The molecular weight excluding hydrogens is 314 g/mol. The van der Waals surface area contributed by atoms with Crippen LogP contribution in [0.2, 0.25) is 0 Å². The first-order valence-corrected chi connectivity index (χ1v) is 8.70. The molecule has 0 bridgehead atoms. The molecule has 2 aliphatic rings. The van der Waals surface area contributed by atoms with Gasteiger partial charge in [-0.2, -0.15) is 0 Å². The third-order valence-corrected chi connectivity index (χ3v) is 5.07. The molecule has 6 heteroatoms. The quantitative estimate of drug-likeness (QED) is 0.703. The molecule has 1 amide bonds. The number of nitrogens with zero attached hydrogens (tertiary/aromatic N) is 1. The average molecular weight is 348 g/mol. The van der Waals surface area contributed by atoms with E-state index in [9.17, 15) is 9.90 Å². The molecule has 0 radical (unpaired) electrons. The monoisotopic (exact) mass is 347 g/mol. The lowest BCUT2D eigenvalue weighted by molar-refractivity contribution is -0.131. The van der Waals surface area contributed by atoms with E-state index in [1.165, 1.54) is 6.42 Å². The molecule has 2 unspecified atom stereocenters. The van der Waals surface area contributed by atoms with Crippen molar-refractivity contribution in [3.63, 3.8) is 0 Å². The van der Waals surface area contributed by atoms with Gasteiger partial charge in [-0.05, 0) is 30.6 Å². The second-order valence-corrected chi connectivity index (χ2v) is 8.10. The number of carbonyl (C=O) groups is 1. The first kappa shape index (κ1) is 20.7. The molecule has 2 atom stereocenters. The summed E-state index contributed by atoms with van der Waals surface area (Å²) in [7, 11) is 0. The molecule has 23 heavy (non-hydrogen) atoms. The Hall–Kier alpha value is -0.360. The fourth-order valence-corrected chi connectivity index (χ4v) is 4.56. The summed E-state index contributed by atoms with van der Waals surface area (Å²) in [5, 5.41) is 16.7. The molecule has 2 fully saturated rings. The highest BCUT2D eigenvalue weighted by Gasteiger charge is 2.42. The highest BCUT2D eigenvalue weighted by Crippen LogP contribution is 2.43. The van der Waals surface area contributed by atoms with Crippen LogP contribution in [0, 0.1) is 11.3 Å². The Balaban J connectivity index is 0.00000264. The first-order chi connectivity index (χ1) is 10.4. The third kappa shape index (κ3) is 5.89. The zero-order chi connectivity index (χ0) is 16.2. The molecular formula is C17H34ClN3O2. The van der Waals surface area contributed by atoms with Gasteiger partial charge in [0.05, 0.1) is 6.61 Å². The van der Waals surface area contributed by atoms with Crippen LogP contribution < -0.4 is 10.6 Å². The van der Waals surface area contributed by atoms with Crippen molar-refractivity contribution < 1.29 is 9.90 Å². The van der Waals surface area contributed by atoms with E-state index in [1.807, 2.05) is 4.90 Å². The van der Waals surface area contributed by atoms with E-state index >= 15 is 0 Å². The van der Waals surface area contributed by atoms with Gasteiger partial charge in [0.1, 0.15) is 0 Å². The number of carbonyl (C=O) groups excluding carboxylic acids is 1. The number of halogens is 1. The third-order valence-electron chi connectivity index (χ3n) is 5.07. The van der Waals surface area contributed by atoms with Crippen LogP contribution >= 0.6 is 12.4 Å². The van der Waals surface area contributed by atoms with Crippen LogP contribution in [0.4, 0.5) is 0 Å². The van der Waals surface area contributed by atoms with Gasteiger partial charge in [0.25, 0.3) is 0 Å². The summed E-state index contributed by atoms with van der Waals surface area (Å²) in [6.45, 7) is 11.0. The molecule has 1 aliphatic carbocycles. The molecule has 1 saturated carbocycles. The highest BCUT2D eigenvalue weighted by molar-refractivity contribution is 5.85. The van der Waals surface area contributed by atoms with Crippen molar-refractivity contribution in [2.24, 2.45) is 11.3 Å². The number of amides is 1. The zero-order valence-corrected chi connectivity index (χ0v) is 15.7. The number of rotatable bonds is 5. The normalized spacial score (nSPS) is 30.6. The van der Waals surface area contributed by atoms with Crippen molar-refractivity contribution in [1.82, 2.24) is 15.5 Å². The van der Waals surface area contributed by atoms with E-state index in [-0.39, 0.29) is 35.9 Å². The van der Waals surface area contributed by atoms with Gasteiger partial charge in [-0.3, -0.25) is 4.79 Å². The van der Waals surface area contributed by atoms with E-state index in [0.29, 0.717) is 18.9 Å². The summed E-state index contributed by atoms with van der Waals surface area (Å²) in [6.07, 6.45) is 3.70. The van der Waals surface area contributed by atoms with Crippen LogP contribution in [-0.4, -0.2) is 60.8 Å². The number of aliphatic hydroxyl groups is 1. The molecule has 0 aromatic carbocycles. The molecule has 2 rings (SSSR count). The van der Waals surface area contributed by atoms with Crippen LogP contribution in [0.15, 0.2) is 0 Å². The van der Waals surface area contributed by atoms with Gasteiger partial charge in [-0.1, -0.05) is 20.8 Å². The van der Waals surface area contributed by atoms with Crippen molar-refractivity contribution in [3.05, 3.63) is 0 Å². The summed E-state index contributed by atoms with van der Waals surface area (Å²) < 4.78 is 0. The lowest BCUT2D eigenvalue weighted by Crippen LogP contribution is -2.56. The Morgan fingerprint density at radius 1 is 1.30 bits per heavy atom. The van der Waals surface area contributed by atoms with Gasteiger partial charge in [-0.15, -0.1) is 12.4 Å². The average Bonchev–Trinajstić information content (AvgIpc) is 2.46. The van der Waals surface area contributed by atoms with Crippen LogP contribution in [0.5, 0.6) is 0 Å². The van der Waals surface area contributed by atoms with E-state index in [1.54, 1.807) is 0 Å². The Kier molecular flexibility index (Phi) is 7.78. The zero-order valence-electron chi connectivity index (χ0n) is 14.9. The van der Waals surface area contributed by atoms with Gasteiger partial charge in [0.15, 0.2) is 0 Å². The fraction of sp³-hybridized carbons (Fsp3) is 0.941. The molecule has 136 valence electrons. The summed E-state index contributed by atoms with van der Waals surface area (Å²) in [4.78, 5) is 14.2. The van der Waals surface area contributed by atoms with Gasteiger partial charge in [0, 0.05) is 44.7 Å². The van der Waals surface area contributed by atoms with Gasteiger partial charge in [-0.25, -0.2) is 0 Å². The predicted molar refractivity (Wildman–Crippen MR) is 95.9 cm³/mol. The van der Waals surface area contributed by atoms with Crippen molar-refractivity contribution in [2.75, 3.05) is 39.3 Å². The number of aliphatic hydroxyl groups excluding tert-OH is 1. The summed E-state index contributed by atoms with van der Waals surface area (Å²) in [6, 6.07) is 0. The second kappa shape index (κ2) is 8.65. The maximum absolute atomic E-state index is 12.2. The SMILES string of the molecule is CC1CC(C)(C)CC(CO)(NCCC(=O)N2CCNCC2)C1.Cl. The largest absolute Gasteiger partial charge is 0.394 e. The molecule has 3 N–H and O–H groups in total. The molecule has 0 spiro atoms. The Morgan fingerprint density at radius 3 is 2.52 bits per heavy atom.